The number of cyclic esters (lactones) is 1. The summed E-state index contributed by atoms with van der Waals surface area (Å²) in [6.45, 7) is 0. The Labute approximate surface area is 152 Å². The van der Waals surface area contributed by atoms with E-state index in [4.69, 9.17) is 14.2 Å². The molecule has 2 aromatic rings. The van der Waals surface area contributed by atoms with Crippen molar-refractivity contribution in [3.8, 4) is 11.5 Å². The van der Waals surface area contributed by atoms with Crippen molar-refractivity contribution in [3.63, 3.8) is 0 Å². The van der Waals surface area contributed by atoms with Crippen LogP contribution in [0, 0.1) is 21.8 Å². The highest BCUT2D eigenvalue weighted by atomic mass is 19.1. The molecule has 0 bridgehead atoms. The van der Waals surface area contributed by atoms with Crippen molar-refractivity contribution < 1.29 is 33.1 Å². The molecule has 0 aromatic heterocycles. The third-order valence-corrected chi connectivity index (χ3v) is 4.09. The zero-order chi connectivity index (χ0) is 19.6. The number of nitro groups is 1. The highest BCUT2D eigenvalue weighted by Gasteiger charge is 2.43. The van der Waals surface area contributed by atoms with E-state index < -0.39 is 46.1 Å². The molecule has 1 aliphatic heterocycles. The maximum absolute atomic E-state index is 13.4. The van der Waals surface area contributed by atoms with Crippen LogP contribution in [-0.2, 0) is 14.3 Å². The number of nitrogens with zero attached hydrogens (tertiary/aromatic N) is 1. The SMILES string of the molecule is COc1ccccc1C1OC(=O)C[C@H]1C(=O)Oc1cc(F)ccc1[N+](=O)[O-]. The van der Waals surface area contributed by atoms with Crippen molar-refractivity contribution in [1.29, 1.82) is 0 Å². The van der Waals surface area contributed by atoms with Crippen LogP contribution in [0.5, 0.6) is 11.5 Å². The molecule has 1 heterocycles. The summed E-state index contributed by atoms with van der Waals surface area (Å²) in [6.07, 6.45) is -1.25. The number of esters is 2. The fourth-order valence-electron chi connectivity index (χ4n) is 2.85. The van der Waals surface area contributed by atoms with Crippen LogP contribution in [0.15, 0.2) is 42.5 Å². The second-order valence-electron chi connectivity index (χ2n) is 5.75. The molecule has 1 fully saturated rings. The molecule has 1 aliphatic rings. The van der Waals surface area contributed by atoms with Gasteiger partial charge in [0, 0.05) is 17.7 Å². The standard InChI is InChI=1S/C18H14FNO7/c1-25-14-5-3-2-4-11(14)17-12(9-16(21)27-17)18(22)26-15-8-10(19)6-7-13(15)20(23)24/h2-8,12,17H,9H2,1H3/t12-,17?/m1/s1. The summed E-state index contributed by atoms with van der Waals surface area (Å²) >= 11 is 0. The number of ether oxygens (including phenoxy) is 3. The van der Waals surface area contributed by atoms with Crippen LogP contribution in [0.2, 0.25) is 0 Å². The van der Waals surface area contributed by atoms with Gasteiger partial charge in [-0.2, -0.15) is 0 Å². The Kier molecular flexibility index (Phi) is 5.02. The molecule has 0 spiro atoms. The number of methoxy groups -OCH3 is 1. The van der Waals surface area contributed by atoms with Crippen LogP contribution in [0.25, 0.3) is 0 Å². The van der Waals surface area contributed by atoms with Gasteiger partial charge in [0.05, 0.1) is 18.5 Å². The monoisotopic (exact) mass is 375 g/mol. The van der Waals surface area contributed by atoms with Gasteiger partial charge in [0.25, 0.3) is 0 Å². The number of carbonyl (C=O) groups is 2. The minimum atomic E-state index is -1.06. The predicted molar refractivity (Wildman–Crippen MR) is 88.6 cm³/mol. The van der Waals surface area contributed by atoms with E-state index in [1.807, 2.05) is 0 Å². The summed E-state index contributed by atoms with van der Waals surface area (Å²) in [4.78, 5) is 34.6. The molecule has 0 N–H and O–H groups in total. The second-order valence-corrected chi connectivity index (χ2v) is 5.75. The van der Waals surface area contributed by atoms with E-state index >= 15 is 0 Å². The number of benzene rings is 2. The molecule has 0 saturated carbocycles. The number of hydrogen-bond acceptors (Lipinski definition) is 7. The van der Waals surface area contributed by atoms with E-state index in [9.17, 15) is 24.1 Å². The van der Waals surface area contributed by atoms with Crippen LogP contribution in [0.3, 0.4) is 0 Å². The van der Waals surface area contributed by atoms with Crippen LogP contribution in [0.4, 0.5) is 10.1 Å². The molecule has 0 aliphatic carbocycles. The summed E-state index contributed by atoms with van der Waals surface area (Å²) in [5.74, 6) is -3.55. The van der Waals surface area contributed by atoms with Gasteiger partial charge < -0.3 is 14.2 Å². The molecule has 140 valence electrons. The molecule has 1 unspecified atom stereocenters. The van der Waals surface area contributed by atoms with Crippen molar-refractivity contribution in [3.05, 3.63) is 64.0 Å². The minimum absolute atomic E-state index is 0.273. The lowest BCUT2D eigenvalue weighted by molar-refractivity contribution is -0.385. The first-order chi connectivity index (χ1) is 12.9. The summed E-state index contributed by atoms with van der Waals surface area (Å²) in [7, 11) is 1.43. The van der Waals surface area contributed by atoms with Gasteiger partial charge in [-0.3, -0.25) is 19.7 Å². The Morgan fingerprint density at radius 1 is 1.26 bits per heavy atom. The first-order valence-electron chi connectivity index (χ1n) is 7.88. The average molecular weight is 375 g/mol. The molecule has 2 atom stereocenters. The maximum Gasteiger partial charge on any atom is 0.319 e. The van der Waals surface area contributed by atoms with Gasteiger partial charge in [0.1, 0.15) is 23.6 Å². The van der Waals surface area contributed by atoms with E-state index in [1.165, 1.54) is 7.11 Å². The number of carbonyl (C=O) groups excluding carboxylic acids is 2. The fourth-order valence-corrected chi connectivity index (χ4v) is 2.85. The first-order valence-corrected chi connectivity index (χ1v) is 7.88. The molecule has 2 aromatic carbocycles. The van der Waals surface area contributed by atoms with Crippen molar-refractivity contribution in [2.75, 3.05) is 7.11 Å². The Bertz CT molecular complexity index is 914. The zero-order valence-electron chi connectivity index (χ0n) is 14.1. The number of nitro benzene ring substituents is 1. The summed E-state index contributed by atoms with van der Waals surface area (Å²) in [5, 5.41) is 11.1. The lowest BCUT2D eigenvalue weighted by atomic mass is 9.94. The van der Waals surface area contributed by atoms with E-state index in [1.54, 1.807) is 24.3 Å². The predicted octanol–water partition coefficient (Wildman–Crippen LogP) is 2.95. The summed E-state index contributed by atoms with van der Waals surface area (Å²) in [6, 6.07) is 9.19. The smallest absolute Gasteiger partial charge is 0.319 e. The van der Waals surface area contributed by atoms with Crippen LogP contribution >= 0.6 is 0 Å². The molecule has 27 heavy (non-hydrogen) atoms. The van der Waals surface area contributed by atoms with Crippen LogP contribution in [0.1, 0.15) is 18.1 Å². The summed E-state index contributed by atoms with van der Waals surface area (Å²) < 4.78 is 28.9. The van der Waals surface area contributed by atoms with Crippen molar-refractivity contribution in [2.45, 2.75) is 12.5 Å². The Morgan fingerprint density at radius 3 is 2.70 bits per heavy atom. The van der Waals surface area contributed by atoms with Gasteiger partial charge in [-0.1, -0.05) is 18.2 Å². The van der Waals surface area contributed by atoms with E-state index in [0.717, 1.165) is 18.2 Å². The van der Waals surface area contributed by atoms with Crippen LogP contribution < -0.4 is 9.47 Å². The van der Waals surface area contributed by atoms with Gasteiger partial charge in [0.2, 0.25) is 5.75 Å². The number of para-hydroxylation sites is 1. The number of hydrogen-bond donors (Lipinski definition) is 0. The normalized spacial score (nSPS) is 18.7. The molecule has 0 radical (unpaired) electrons. The maximum atomic E-state index is 13.4. The van der Waals surface area contributed by atoms with Crippen LogP contribution in [-0.4, -0.2) is 24.0 Å². The Hall–Kier alpha value is -3.49. The van der Waals surface area contributed by atoms with Gasteiger partial charge >= 0.3 is 17.6 Å². The summed E-state index contributed by atoms with van der Waals surface area (Å²) in [5.41, 5.74) is -0.106. The molecule has 0 amide bonds. The molecule has 3 rings (SSSR count). The lowest BCUT2D eigenvalue weighted by Gasteiger charge is -2.19. The highest BCUT2D eigenvalue weighted by Crippen LogP contribution is 2.41. The van der Waals surface area contributed by atoms with Crippen molar-refractivity contribution in [2.24, 2.45) is 5.92 Å². The van der Waals surface area contributed by atoms with E-state index in [-0.39, 0.29) is 6.42 Å². The van der Waals surface area contributed by atoms with E-state index in [0.29, 0.717) is 11.3 Å². The average Bonchev–Trinajstić information content (AvgIpc) is 3.03. The van der Waals surface area contributed by atoms with Gasteiger partial charge in [-0.15, -0.1) is 0 Å². The molecule has 8 nitrogen and oxygen atoms in total. The lowest BCUT2D eigenvalue weighted by Crippen LogP contribution is -2.24. The first kappa shape index (κ1) is 18.3. The molecule has 9 heteroatoms. The third kappa shape index (κ3) is 3.71. The van der Waals surface area contributed by atoms with Gasteiger partial charge in [-0.05, 0) is 12.1 Å². The molecular formula is C18H14FNO7. The number of halogens is 1. The highest BCUT2D eigenvalue weighted by molar-refractivity contribution is 5.85. The fraction of sp³-hybridized carbons (Fsp3) is 0.222. The van der Waals surface area contributed by atoms with Crippen molar-refractivity contribution >= 4 is 17.6 Å². The number of rotatable bonds is 5. The van der Waals surface area contributed by atoms with E-state index in [2.05, 4.69) is 0 Å². The van der Waals surface area contributed by atoms with Crippen molar-refractivity contribution in [1.82, 2.24) is 0 Å². The largest absolute Gasteiger partial charge is 0.496 e. The minimum Gasteiger partial charge on any atom is -0.496 e. The topological polar surface area (TPSA) is 105 Å². The Morgan fingerprint density at radius 2 is 2.00 bits per heavy atom. The Balaban J connectivity index is 1.91. The second kappa shape index (κ2) is 7.40. The molecule has 1 saturated heterocycles. The molecular weight excluding hydrogens is 361 g/mol. The zero-order valence-corrected chi connectivity index (χ0v) is 14.1. The quantitative estimate of drug-likeness (QED) is 0.342. The van der Waals surface area contributed by atoms with Gasteiger partial charge in [0.15, 0.2) is 0 Å². The van der Waals surface area contributed by atoms with Gasteiger partial charge in [-0.25, -0.2) is 4.39 Å². The third-order valence-electron chi connectivity index (χ3n) is 4.09.